The minimum absolute atomic E-state index is 0.0178. The Morgan fingerprint density at radius 1 is 1.10 bits per heavy atom. The minimum Gasteiger partial charge on any atom is -0.379 e. The lowest BCUT2D eigenvalue weighted by molar-refractivity contribution is -0.120. The van der Waals surface area contributed by atoms with Gasteiger partial charge in [0.25, 0.3) is 0 Å². The molecule has 0 aliphatic rings. The first-order chi connectivity index (χ1) is 9.52. The van der Waals surface area contributed by atoms with E-state index in [0.29, 0.717) is 39.2 Å². The number of carbonyl (C=O) groups excluding carboxylic acids is 1. The lowest BCUT2D eigenvalue weighted by atomic mass is 10.3. The van der Waals surface area contributed by atoms with Crippen LogP contribution in [0.15, 0.2) is 0 Å². The Morgan fingerprint density at radius 2 is 1.75 bits per heavy atom. The summed E-state index contributed by atoms with van der Waals surface area (Å²) in [5, 5.41) is 0. The Kier molecular flexibility index (Phi) is 11.6. The highest BCUT2D eigenvalue weighted by Crippen LogP contribution is 1.94. The van der Waals surface area contributed by atoms with E-state index in [1.165, 1.54) is 0 Å². The van der Waals surface area contributed by atoms with E-state index in [2.05, 4.69) is 0 Å². The van der Waals surface area contributed by atoms with E-state index in [1.807, 2.05) is 11.6 Å². The van der Waals surface area contributed by atoms with Crippen LogP contribution in [-0.2, 0) is 24.3 Å². The highest BCUT2D eigenvalue weighted by molar-refractivity contribution is 7.90. The van der Waals surface area contributed by atoms with Gasteiger partial charge in [0, 0.05) is 6.61 Å². The molecule has 3 N–H and O–H groups in total. The van der Waals surface area contributed by atoms with Gasteiger partial charge >= 0.3 is 0 Å². The van der Waals surface area contributed by atoms with E-state index in [4.69, 9.17) is 15.2 Å². The minimum atomic E-state index is -3.54. The predicted octanol–water partition coefficient (Wildman–Crippen LogP) is 0.00460. The van der Waals surface area contributed by atoms with Crippen LogP contribution in [0.1, 0.15) is 32.6 Å². The summed E-state index contributed by atoms with van der Waals surface area (Å²) in [6, 6.07) is 0. The Hall–Kier alpha value is -0.700. The van der Waals surface area contributed by atoms with Crippen LogP contribution in [0.5, 0.6) is 0 Å². The first-order valence-electron chi connectivity index (χ1n) is 6.90. The molecule has 0 heterocycles. The van der Waals surface area contributed by atoms with Crippen molar-refractivity contribution in [3.8, 4) is 0 Å². The van der Waals surface area contributed by atoms with E-state index in [1.54, 1.807) is 0 Å². The summed E-state index contributed by atoms with van der Waals surface area (Å²) in [7, 11) is -3.54. The number of sulfonamides is 1. The SMILES string of the molecule is CCCOCCOCCC(=O)NS(=O)(=O)CCCCN. The van der Waals surface area contributed by atoms with Gasteiger partial charge in [0.1, 0.15) is 0 Å². The second-order valence-electron chi connectivity index (χ2n) is 4.31. The molecule has 0 saturated heterocycles. The van der Waals surface area contributed by atoms with Crippen molar-refractivity contribution in [2.45, 2.75) is 32.6 Å². The maximum Gasteiger partial charge on any atom is 0.235 e. The monoisotopic (exact) mass is 310 g/mol. The number of unbranched alkanes of at least 4 members (excludes halogenated alkanes) is 1. The molecule has 0 fully saturated rings. The number of rotatable bonds is 13. The molecular formula is C12H26N2O5S. The van der Waals surface area contributed by atoms with Gasteiger partial charge in [0.2, 0.25) is 15.9 Å². The Balaban J connectivity index is 3.61. The molecule has 0 aliphatic carbocycles. The number of ether oxygens (including phenoxy) is 2. The van der Waals surface area contributed by atoms with Crippen molar-refractivity contribution < 1.29 is 22.7 Å². The summed E-state index contributed by atoms with van der Waals surface area (Å²) in [6.07, 6.45) is 2.04. The van der Waals surface area contributed by atoms with Gasteiger partial charge in [0.05, 0.1) is 32.0 Å². The van der Waals surface area contributed by atoms with E-state index in [-0.39, 0.29) is 18.8 Å². The molecule has 0 unspecified atom stereocenters. The fourth-order valence-electron chi connectivity index (χ4n) is 1.34. The van der Waals surface area contributed by atoms with E-state index < -0.39 is 15.9 Å². The summed E-state index contributed by atoms with van der Waals surface area (Å²) in [5.74, 6) is -0.631. The average Bonchev–Trinajstić information content (AvgIpc) is 2.37. The molecule has 120 valence electrons. The maximum absolute atomic E-state index is 11.5. The van der Waals surface area contributed by atoms with Crippen LogP contribution in [0.25, 0.3) is 0 Å². The Bertz CT molecular complexity index is 346. The van der Waals surface area contributed by atoms with Gasteiger partial charge in [-0.1, -0.05) is 6.92 Å². The fraction of sp³-hybridized carbons (Fsp3) is 0.917. The largest absolute Gasteiger partial charge is 0.379 e. The zero-order chi connectivity index (χ0) is 15.3. The van der Waals surface area contributed by atoms with Gasteiger partial charge in [-0.05, 0) is 25.8 Å². The van der Waals surface area contributed by atoms with Crippen molar-refractivity contribution in [2.75, 3.05) is 38.7 Å². The molecule has 0 spiro atoms. The number of nitrogens with two attached hydrogens (primary N) is 1. The molecule has 0 atom stereocenters. The second-order valence-corrected chi connectivity index (χ2v) is 6.16. The van der Waals surface area contributed by atoms with E-state index >= 15 is 0 Å². The lowest BCUT2D eigenvalue weighted by Crippen LogP contribution is -2.33. The topological polar surface area (TPSA) is 108 Å². The van der Waals surface area contributed by atoms with Gasteiger partial charge in [-0.25, -0.2) is 8.42 Å². The van der Waals surface area contributed by atoms with Gasteiger partial charge in [-0.2, -0.15) is 0 Å². The van der Waals surface area contributed by atoms with Crippen molar-refractivity contribution in [2.24, 2.45) is 5.73 Å². The van der Waals surface area contributed by atoms with Crippen molar-refractivity contribution in [3.63, 3.8) is 0 Å². The first kappa shape index (κ1) is 19.3. The van der Waals surface area contributed by atoms with Gasteiger partial charge in [-0.3, -0.25) is 9.52 Å². The van der Waals surface area contributed by atoms with Crippen molar-refractivity contribution >= 4 is 15.9 Å². The van der Waals surface area contributed by atoms with Crippen molar-refractivity contribution in [1.82, 2.24) is 4.72 Å². The maximum atomic E-state index is 11.5. The highest BCUT2D eigenvalue weighted by Gasteiger charge is 2.13. The molecular weight excluding hydrogens is 284 g/mol. The van der Waals surface area contributed by atoms with Crippen LogP contribution in [-0.4, -0.2) is 53.1 Å². The summed E-state index contributed by atoms with van der Waals surface area (Å²) in [4.78, 5) is 11.4. The average molecular weight is 310 g/mol. The third-order valence-corrected chi connectivity index (χ3v) is 3.70. The number of hydrogen-bond acceptors (Lipinski definition) is 6. The molecule has 0 bridgehead atoms. The van der Waals surface area contributed by atoms with Crippen LogP contribution in [0, 0.1) is 0 Å². The van der Waals surface area contributed by atoms with E-state index in [0.717, 1.165) is 6.42 Å². The molecule has 0 radical (unpaired) electrons. The van der Waals surface area contributed by atoms with Crippen LogP contribution in [0.3, 0.4) is 0 Å². The van der Waals surface area contributed by atoms with Crippen LogP contribution in [0.4, 0.5) is 0 Å². The molecule has 0 saturated carbocycles. The molecule has 0 rings (SSSR count). The summed E-state index contributed by atoms with van der Waals surface area (Å²) >= 11 is 0. The normalized spacial score (nSPS) is 11.5. The fourth-order valence-corrected chi connectivity index (χ4v) is 2.48. The number of amides is 1. The number of carbonyl (C=O) groups is 1. The van der Waals surface area contributed by atoms with Gasteiger partial charge in [0.15, 0.2) is 0 Å². The third-order valence-electron chi connectivity index (χ3n) is 2.33. The molecule has 0 aromatic carbocycles. The molecule has 1 amide bonds. The zero-order valence-corrected chi connectivity index (χ0v) is 12.9. The van der Waals surface area contributed by atoms with Gasteiger partial charge in [-0.15, -0.1) is 0 Å². The molecule has 8 heteroatoms. The van der Waals surface area contributed by atoms with Crippen molar-refractivity contribution in [1.29, 1.82) is 0 Å². The highest BCUT2D eigenvalue weighted by atomic mass is 32.2. The van der Waals surface area contributed by atoms with Gasteiger partial charge < -0.3 is 15.2 Å². The zero-order valence-electron chi connectivity index (χ0n) is 12.1. The molecule has 0 aliphatic heterocycles. The third kappa shape index (κ3) is 12.3. The summed E-state index contributed by atoms with van der Waals surface area (Å²) in [5.41, 5.74) is 5.27. The number of nitrogens with one attached hydrogen (secondary N) is 1. The molecule has 20 heavy (non-hydrogen) atoms. The summed E-state index contributed by atoms with van der Waals surface area (Å²) < 4.78 is 35.3. The second kappa shape index (κ2) is 12.1. The van der Waals surface area contributed by atoms with E-state index in [9.17, 15) is 13.2 Å². The molecule has 0 aromatic heterocycles. The quantitative estimate of drug-likeness (QED) is 0.464. The number of hydrogen-bond donors (Lipinski definition) is 2. The van der Waals surface area contributed by atoms with Crippen LogP contribution >= 0.6 is 0 Å². The Morgan fingerprint density at radius 3 is 2.35 bits per heavy atom. The first-order valence-corrected chi connectivity index (χ1v) is 8.56. The van der Waals surface area contributed by atoms with Crippen molar-refractivity contribution in [3.05, 3.63) is 0 Å². The Labute approximate surface area is 121 Å². The molecule has 0 aromatic rings. The summed E-state index contributed by atoms with van der Waals surface area (Å²) in [6.45, 7) is 4.20. The van der Waals surface area contributed by atoms with Crippen LogP contribution < -0.4 is 10.5 Å². The lowest BCUT2D eigenvalue weighted by Gasteiger charge is -2.07. The van der Waals surface area contributed by atoms with Crippen LogP contribution in [0.2, 0.25) is 0 Å². The molecule has 7 nitrogen and oxygen atoms in total. The predicted molar refractivity (Wildman–Crippen MR) is 76.8 cm³/mol. The smallest absolute Gasteiger partial charge is 0.235 e. The standard InChI is InChI=1S/C12H26N2O5S/c1-2-7-18-9-10-19-8-5-12(15)14-20(16,17)11-4-3-6-13/h2-11,13H2,1H3,(H,14,15).